The fourth-order valence-corrected chi connectivity index (χ4v) is 1.08. The predicted octanol–water partition coefficient (Wildman–Crippen LogP) is -2.97. The molecule has 0 saturated carbocycles. The summed E-state index contributed by atoms with van der Waals surface area (Å²) in [5.41, 5.74) is 0. The van der Waals surface area contributed by atoms with E-state index < -0.39 is 39.3 Å². The van der Waals surface area contributed by atoms with Crippen LogP contribution in [0.3, 0.4) is 0 Å². The molecule has 15 heavy (non-hydrogen) atoms. The normalized spacial score (nSPS) is 21.4. The minimum atomic E-state index is -3.25. The maximum Gasteiger partial charge on any atom is 0.316 e. The summed E-state index contributed by atoms with van der Waals surface area (Å²) in [6, 6.07) is 0. The number of aliphatic hydroxyl groups excluding tert-OH is 4. The van der Waals surface area contributed by atoms with E-state index >= 15 is 0 Å². The zero-order valence-electron chi connectivity index (χ0n) is 7.55. The van der Waals surface area contributed by atoms with Crippen molar-refractivity contribution in [2.75, 3.05) is 6.61 Å². The van der Waals surface area contributed by atoms with Crippen molar-refractivity contribution in [1.82, 2.24) is 0 Å². The Morgan fingerprint density at radius 2 is 1.73 bits per heavy atom. The SMILES string of the molecule is O=C[C@@H](O)[C@@H](O)[C@H](O)[C@H](O)CO[PH](=O)O. The summed E-state index contributed by atoms with van der Waals surface area (Å²) in [4.78, 5) is 18.3. The van der Waals surface area contributed by atoms with Gasteiger partial charge in [0.25, 0.3) is 0 Å². The number of rotatable bonds is 7. The highest BCUT2D eigenvalue weighted by Crippen LogP contribution is 2.16. The molecular formula is C6H13O8P. The maximum atomic E-state index is 10.1. The van der Waals surface area contributed by atoms with Crippen molar-refractivity contribution in [2.24, 2.45) is 0 Å². The van der Waals surface area contributed by atoms with Crippen molar-refractivity contribution in [3.05, 3.63) is 0 Å². The van der Waals surface area contributed by atoms with Crippen LogP contribution >= 0.6 is 8.25 Å². The highest BCUT2D eigenvalue weighted by atomic mass is 31.1. The lowest BCUT2D eigenvalue weighted by Crippen LogP contribution is -2.46. The van der Waals surface area contributed by atoms with Crippen molar-refractivity contribution in [1.29, 1.82) is 0 Å². The molecule has 0 aromatic carbocycles. The van der Waals surface area contributed by atoms with Gasteiger partial charge in [-0.2, -0.15) is 0 Å². The lowest BCUT2D eigenvalue weighted by molar-refractivity contribution is -0.135. The van der Waals surface area contributed by atoms with Gasteiger partial charge in [0.1, 0.15) is 24.4 Å². The molecule has 0 fully saturated rings. The number of aliphatic hydroxyl groups is 4. The first kappa shape index (κ1) is 14.7. The first-order valence-electron chi connectivity index (χ1n) is 3.93. The molecule has 0 aliphatic heterocycles. The van der Waals surface area contributed by atoms with E-state index in [2.05, 4.69) is 4.52 Å². The molecule has 0 bridgehead atoms. The van der Waals surface area contributed by atoms with Gasteiger partial charge in [-0.25, -0.2) is 0 Å². The topological polar surface area (TPSA) is 145 Å². The van der Waals surface area contributed by atoms with Gasteiger partial charge >= 0.3 is 8.25 Å². The van der Waals surface area contributed by atoms with Gasteiger partial charge < -0.3 is 34.6 Å². The van der Waals surface area contributed by atoms with Crippen molar-refractivity contribution < 1.29 is 39.2 Å². The van der Waals surface area contributed by atoms with E-state index in [1.165, 1.54) is 0 Å². The van der Waals surface area contributed by atoms with Gasteiger partial charge in [-0.3, -0.25) is 4.57 Å². The summed E-state index contributed by atoms with van der Waals surface area (Å²) in [5.74, 6) is 0. The van der Waals surface area contributed by atoms with Gasteiger partial charge in [-0.05, 0) is 0 Å². The molecule has 5 atom stereocenters. The molecule has 0 aromatic heterocycles. The van der Waals surface area contributed by atoms with E-state index in [1.807, 2.05) is 0 Å². The minimum Gasteiger partial charge on any atom is -0.388 e. The molecule has 0 spiro atoms. The van der Waals surface area contributed by atoms with Crippen LogP contribution in [0.25, 0.3) is 0 Å². The van der Waals surface area contributed by atoms with Crippen molar-refractivity contribution in [3.63, 3.8) is 0 Å². The van der Waals surface area contributed by atoms with Crippen LogP contribution in [0.2, 0.25) is 0 Å². The second-order valence-corrected chi connectivity index (χ2v) is 3.57. The summed E-state index contributed by atoms with van der Waals surface area (Å²) in [7, 11) is -3.25. The van der Waals surface area contributed by atoms with Gasteiger partial charge in [0.2, 0.25) is 0 Å². The third-order valence-electron chi connectivity index (χ3n) is 1.61. The smallest absolute Gasteiger partial charge is 0.316 e. The lowest BCUT2D eigenvalue weighted by Gasteiger charge is -2.23. The number of aldehydes is 1. The van der Waals surface area contributed by atoms with Gasteiger partial charge in [0.05, 0.1) is 6.61 Å². The van der Waals surface area contributed by atoms with Gasteiger partial charge in [0, 0.05) is 0 Å². The Morgan fingerprint density at radius 1 is 1.20 bits per heavy atom. The Balaban J connectivity index is 4.11. The van der Waals surface area contributed by atoms with Crippen molar-refractivity contribution in [2.45, 2.75) is 24.4 Å². The molecule has 8 nitrogen and oxygen atoms in total. The van der Waals surface area contributed by atoms with Crippen molar-refractivity contribution >= 4 is 14.5 Å². The second kappa shape index (κ2) is 7.02. The van der Waals surface area contributed by atoms with Crippen molar-refractivity contribution in [3.8, 4) is 0 Å². The molecule has 0 saturated heterocycles. The maximum absolute atomic E-state index is 10.1. The molecule has 0 radical (unpaired) electrons. The summed E-state index contributed by atoms with van der Waals surface area (Å²) in [6.07, 6.45) is -7.29. The summed E-state index contributed by atoms with van der Waals surface area (Å²) < 4.78 is 14.2. The molecule has 0 heterocycles. The number of carbonyl (C=O) groups is 1. The van der Waals surface area contributed by atoms with E-state index in [9.17, 15) is 9.36 Å². The quantitative estimate of drug-likeness (QED) is 0.236. The average molecular weight is 244 g/mol. The van der Waals surface area contributed by atoms with E-state index in [0.717, 1.165) is 0 Å². The molecule has 0 aliphatic carbocycles. The summed E-state index contributed by atoms with van der Waals surface area (Å²) in [5, 5.41) is 36.0. The van der Waals surface area contributed by atoms with Crippen LogP contribution in [0.15, 0.2) is 0 Å². The predicted molar refractivity (Wildman–Crippen MR) is 47.3 cm³/mol. The van der Waals surface area contributed by atoms with E-state index in [-0.39, 0.29) is 6.29 Å². The highest BCUT2D eigenvalue weighted by molar-refractivity contribution is 7.32. The molecule has 9 heteroatoms. The first-order chi connectivity index (χ1) is 6.90. The summed E-state index contributed by atoms with van der Waals surface area (Å²) >= 11 is 0. The van der Waals surface area contributed by atoms with E-state index in [4.69, 9.17) is 25.3 Å². The van der Waals surface area contributed by atoms with E-state index in [1.54, 1.807) is 0 Å². The van der Waals surface area contributed by atoms with Crippen LogP contribution in [0.4, 0.5) is 0 Å². The van der Waals surface area contributed by atoms with Crippen LogP contribution in [0.5, 0.6) is 0 Å². The molecule has 0 aliphatic rings. The van der Waals surface area contributed by atoms with Crippen LogP contribution in [-0.4, -0.2) is 62.6 Å². The zero-order chi connectivity index (χ0) is 12.0. The van der Waals surface area contributed by atoms with Gasteiger partial charge in [0.15, 0.2) is 6.29 Å². The molecule has 0 aromatic rings. The Hall–Kier alpha value is -0.340. The number of carbonyl (C=O) groups excluding carboxylic acids is 1. The molecular weight excluding hydrogens is 231 g/mol. The molecule has 5 N–H and O–H groups in total. The third kappa shape index (κ3) is 5.33. The highest BCUT2D eigenvalue weighted by Gasteiger charge is 2.30. The van der Waals surface area contributed by atoms with E-state index in [0.29, 0.717) is 0 Å². The Kier molecular flexibility index (Phi) is 6.86. The zero-order valence-corrected chi connectivity index (χ0v) is 8.55. The monoisotopic (exact) mass is 244 g/mol. The Bertz CT molecular complexity index is 221. The standard InChI is InChI=1S/C6H13O8P/c7-1-3(8)5(10)6(11)4(9)2-14-15(12)13/h1,3-6,8-11,15H,2H2,(H,12,13)/t3-,4-,5-,6-/m1/s1. The molecule has 1 unspecified atom stereocenters. The first-order valence-corrected chi connectivity index (χ1v) is 5.19. The third-order valence-corrected chi connectivity index (χ3v) is 2.02. The van der Waals surface area contributed by atoms with Crippen LogP contribution in [0, 0.1) is 0 Å². The largest absolute Gasteiger partial charge is 0.388 e. The lowest BCUT2D eigenvalue weighted by atomic mass is 10.0. The summed E-state index contributed by atoms with van der Waals surface area (Å²) in [6.45, 7) is -0.696. The van der Waals surface area contributed by atoms with Crippen LogP contribution in [-0.2, 0) is 13.9 Å². The minimum absolute atomic E-state index is 0.0175. The molecule has 0 rings (SSSR count). The Labute approximate surface area is 85.7 Å². The second-order valence-electron chi connectivity index (χ2n) is 2.75. The number of hydrogen-bond acceptors (Lipinski definition) is 7. The number of hydrogen-bond donors (Lipinski definition) is 5. The molecule has 0 amide bonds. The van der Waals surface area contributed by atoms with Gasteiger partial charge in [-0.15, -0.1) is 0 Å². The van der Waals surface area contributed by atoms with Crippen LogP contribution < -0.4 is 0 Å². The average Bonchev–Trinajstić information content (AvgIpc) is 2.22. The van der Waals surface area contributed by atoms with Gasteiger partial charge in [-0.1, -0.05) is 0 Å². The fraction of sp³-hybridized carbons (Fsp3) is 0.833. The van der Waals surface area contributed by atoms with Crippen LogP contribution in [0.1, 0.15) is 0 Å². The molecule has 90 valence electrons. The fourth-order valence-electron chi connectivity index (χ4n) is 0.765. The Morgan fingerprint density at radius 3 is 2.13 bits per heavy atom.